The summed E-state index contributed by atoms with van der Waals surface area (Å²) in [6, 6.07) is 8.94. The number of hydrogen-bond donors (Lipinski definition) is 0. The molecule has 1 atom stereocenters. The number of para-hydroxylation sites is 1. The van der Waals surface area contributed by atoms with Crippen molar-refractivity contribution in [3.8, 4) is 0 Å². The Kier molecular flexibility index (Phi) is 3.57. The first-order valence-corrected chi connectivity index (χ1v) is 7.66. The van der Waals surface area contributed by atoms with Gasteiger partial charge in [-0.05, 0) is 12.1 Å². The van der Waals surface area contributed by atoms with E-state index in [1.54, 1.807) is 0 Å². The summed E-state index contributed by atoms with van der Waals surface area (Å²) in [6.45, 7) is 1.80. The number of carbonyl (C=O) groups excluding carboxylic acids is 2. The Bertz CT molecular complexity index is 485. The highest BCUT2D eigenvalue weighted by Crippen LogP contribution is 2.26. The lowest BCUT2D eigenvalue weighted by Gasteiger charge is -2.30. The SMILES string of the molecule is O=C1C[C@H](N2CCSCC2)C(=O)N1c1ccccc1. The quantitative estimate of drug-likeness (QED) is 0.765. The lowest BCUT2D eigenvalue weighted by molar-refractivity contribution is -0.122. The number of anilines is 1. The molecule has 1 aromatic carbocycles. The van der Waals surface area contributed by atoms with Crippen LogP contribution < -0.4 is 4.90 Å². The zero-order chi connectivity index (χ0) is 13.2. The first-order chi connectivity index (χ1) is 9.27. The van der Waals surface area contributed by atoms with Gasteiger partial charge in [0.05, 0.1) is 18.2 Å². The number of nitrogens with zero attached hydrogens (tertiary/aromatic N) is 2. The summed E-state index contributed by atoms with van der Waals surface area (Å²) >= 11 is 1.91. The second-order valence-corrected chi connectivity index (χ2v) is 6.00. The predicted octanol–water partition coefficient (Wildman–Crippen LogP) is 1.37. The summed E-state index contributed by atoms with van der Waals surface area (Å²) in [6.07, 6.45) is 0.318. The summed E-state index contributed by atoms with van der Waals surface area (Å²) in [7, 11) is 0. The van der Waals surface area contributed by atoms with Crippen molar-refractivity contribution in [2.24, 2.45) is 0 Å². The fraction of sp³-hybridized carbons (Fsp3) is 0.429. The van der Waals surface area contributed by atoms with Gasteiger partial charge in [-0.25, -0.2) is 4.90 Å². The molecule has 3 rings (SSSR count). The van der Waals surface area contributed by atoms with Crippen molar-refractivity contribution in [2.45, 2.75) is 12.5 Å². The largest absolute Gasteiger partial charge is 0.290 e. The maximum atomic E-state index is 12.5. The predicted molar refractivity (Wildman–Crippen MR) is 76.2 cm³/mol. The lowest BCUT2D eigenvalue weighted by Crippen LogP contribution is -2.45. The number of benzene rings is 1. The minimum atomic E-state index is -0.256. The molecule has 2 saturated heterocycles. The molecule has 5 heteroatoms. The van der Waals surface area contributed by atoms with Crippen LogP contribution in [-0.4, -0.2) is 47.4 Å². The van der Waals surface area contributed by atoms with Gasteiger partial charge in [0.15, 0.2) is 0 Å². The molecule has 2 aliphatic rings. The van der Waals surface area contributed by atoms with Gasteiger partial charge >= 0.3 is 0 Å². The van der Waals surface area contributed by atoms with Gasteiger partial charge < -0.3 is 0 Å². The smallest absolute Gasteiger partial charge is 0.251 e. The monoisotopic (exact) mass is 276 g/mol. The minimum Gasteiger partial charge on any atom is -0.290 e. The molecule has 100 valence electrons. The van der Waals surface area contributed by atoms with Crippen LogP contribution in [-0.2, 0) is 9.59 Å². The summed E-state index contributed by atoms with van der Waals surface area (Å²) < 4.78 is 0. The molecule has 2 amide bonds. The molecule has 0 N–H and O–H groups in total. The topological polar surface area (TPSA) is 40.6 Å². The molecule has 0 unspecified atom stereocenters. The first kappa shape index (κ1) is 12.7. The number of thioether (sulfide) groups is 1. The van der Waals surface area contributed by atoms with Crippen molar-refractivity contribution >= 4 is 29.3 Å². The standard InChI is InChI=1S/C14H16N2O2S/c17-13-10-12(15-6-8-19-9-7-15)14(18)16(13)11-4-2-1-3-5-11/h1-5,12H,6-10H2/t12-/m0/s1. The maximum Gasteiger partial charge on any atom is 0.251 e. The van der Waals surface area contributed by atoms with Crippen molar-refractivity contribution in [1.82, 2.24) is 4.90 Å². The molecule has 2 fully saturated rings. The van der Waals surface area contributed by atoms with Crippen LogP contribution >= 0.6 is 11.8 Å². The van der Waals surface area contributed by atoms with Crippen LogP contribution in [0.4, 0.5) is 5.69 Å². The molecule has 2 aliphatic heterocycles. The molecule has 1 aromatic rings. The van der Waals surface area contributed by atoms with Gasteiger partial charge in [0.1, 0.15) is 0 Å². The van der Waals surface area contributed by atoms with Gasteiger partial charge in [0.2, 0.25) is 5.91 Å². The van der Waals surface area contributed by atoms with E-state index >= 15 is 0 Å². The number of rotatable bonds is 2. The second kappa shape index (κ2) is 5.35. The molecule has 4 nitrogen and oxygen atoms in total. The van der Waals surface area contributed by atoms with Crippen molar-refractivity contribution in [2.75, 3.05) is 29.5 Å². The normalized spacial score (nSPS) is 25.1. The summed E-state index contributed by atoms with van der Waals surface area (Å²) in [5.41, 5.74) is 0.686. The van der Waals surface area contributed by atoms with E-state index in [0.29, 0.717) is 12.1 Å². The van der Waals surface area contributed by atoms with E-state index in [-0.39, 0.29) is 17.9 Å². The molecule has 0 aliphatic carbocycles. The zero-order valence-electron chi connectivity index (χ0n) is 10.6. The van der Waals surface area contributed by atoms with Gasteiger partial charge in [0.25, 0.3) is 5.91 Å². The molecule has 0 saturated carbocycles. The van der Waals surface area contributed by atoms with Crippen LogP contribution in [0.25, 0.3) is 0 Å². The fourth-order valence-electron chi connectivity index (χ4n) is 2.64. The Balaban J connectivity index is 1.81. The molecular weight excluding hydrogens is 260 g/mol. The Labute approximate surface area is 116 Å². The first-order valence-electron chi connectivity index (χ1n) is 6.51. The summed E-state index contributed by atoms with van der Waals surface area (Å²) in [5, 5.41) is 0. The van der Waals surface area contributed by atoms with E-state index in [1.165, 1.54) is 4.90 Å². The van der Waals surface area contributed by atoms with Gasteiger partial charge in [-0.15, -0.1) is 0 Å². The Morgan fingerprint density at radius 3 is 2.42 bits per heavy atom. The third-order valence-electron chi connectivity index (χ3n) is 3.62. The van der Waals surface area contributed by atoms with Crippen LogP contribution in [0.1, 0.15) is 6.42 Å². The van der Waals surface area contributed by atoms with Crippen molar-refractivity contribution in [1.29, 1.82) is 0 Å². The molecule has 0 spiro atoms. The summed E-state index contributed by atoms with van der Waals surface area (Å²) in [4.78, 5) is 28.1. The molecule has 0 aromatic heterocycles. The van der Waals surface area contributed by atoms with Crippen molar-refractivity contribution in [3.63, 3.8) is 0 Å². The van der Waals surface area contributed by atoms with E-state index < -0.39 is 0 Å². The molecule has 0 radical (unpaired) electrons. The Hall–Kier alpha value is -1.33. The van der Waals surface area contributed by atoms with E-state index in [4.69, 9.17) is 0 Å². The zero-order valence-corrected chi connectivity index (χ0v) is 11.4. The maximum absolute atomic E-state index is 12.5. The van der Waals surface area contributed by atoms with E-state index in [0.717, 1.165) is 24.6 Å². The highest BCUT2D eigenvalue weighted by Gasteiger charge is 2.42. The van der Waals surface area contributed by atoms with Gasteiger partial charge in [-0.3, -0.25) is 14.5 Å². The van der Waals surface area contributed by atoms with E-state index in [1.807, 2.05) is 42.1 Å². The van der Waals surface area contributed by atoms with Crippen LogP contribution in [0, 0.1) is 0 Å². The van der Waals surface area contributed by atoms with Crippen LogP contribution in [0.3, 0.4) is 0 Å². The van der Waals surface area contributed by atoms with Crippen LogP contribution in [0.5, 0.6) is 0 Å². The van der Waals surface area contributed by atoms with Gasteiger partial charge in [-0.2, -0.15) is 11.8 Å². The van der Waals surface area contributed by atoms with E-state index in [2.05, 4.69) is 4.90 Å². The third-order valence-corrected chi connectivity index (χ3v) is 4.57. The number of amides is 2. The van der Waals surface area contributed by atoms with Crippen LogP contribution in [0.2, 0.25) is 0 Å². The van der Waals surface area contributed by atoms with Gasteiger partial charge in [0, 0.05) is 24.6 Å². The average Bonchev–Trinajstić information content (AvgIpc) is 2.76. The average molecular weight is 276 g/mol. The highest BCUT2D eigenvalue weighted by atomic mass is 32.2. The molecule has 2 heterocycles. The number of carbonyl (C=O) groups is 2. The lowest BCUT2D eigenvalue weighted by atomic mass is 10.2. The van der Waals surface area contributed by atoms with E-state index in [9.17, 15) is 9.59 Å². The fourth-order valence-corrected chi connectivity index (χ4v) is 3.57. The molecule has 19 heavy (non-hydrogen) atoms. The van der Waals surface area contributed by atoms with Crippen molar-refractivity contribution in [3.05, 3.63) is 30.3 Å². The van der Waals surface area contributed by atoms with Crippen molar-refractivity contribution < 1.29 is 9.59 Å². The molecule has 0 bridgehead atoms. The Morgan fingerprint density at radius 2 is 1.74 bits per heavy atom. The minimum absolute atomic E-state index is 0.0666. The number of hydrogen-bond acceptors (Lipinski definition) is 4. The Morgan fingerprint density at radius 1 is 1.05 bits per heavy atom. The number of imide groups is 1. The van der Waals surface area contributed by atoms with Gasteiger partial charge in [-0.1, -0.05) is 18.2 Å². The molecular formula is C14H16N2O2S. The summed E-state index contributed by atoms with van der Waals surface area (Å²) in [5.74, 6) is 1.94. The third kappa shape index (κ3) is 2.40. The second-order valence-electron chi connectivity index (χ2n) is 4.77. The highest BCUT2D eigenvalue weighted by molar-refractivity contribution is 7.99. The van der Waals surface area contributed by atoms with Crippen LogP contribution in [0.15, 0.2) is 30.3 Å².